The highest BCUT2D eigenvalue weighted by Crippen LogP contribution is 2.67. The van der Waals surface area contributed by atoms with Crippen LogP contribution in [0.5, 0.6) is 0 Å². The molecule has 2 heterocycles. The highest BCUT2D eigenvalue weighted by molar-refractivity contribution is 5.89. The van der Waals surface area contributed by atoms with Gasteiger partial charge in [-0.25, -0.2) is 0 Å². The Hall–Kier alpha value is -1.28. The topological polar surface area (TPSA) is 19.0 Å². The minimum atomic E-state index is 0.427. The van der Waals surface area contributed by atoms with E-state index in [4.69, 9.17) is 0 Å². The van der Waals surface area contributed by atoms with Crippen molar-refractivity contribution in [2.75, 3.05) is 13.6 Å². The lowest BCUT2D eigenvalue weighted by Crippen LogP contribution is -2.57. The van der Waals surface area contributed by atoms with Crippen LogP contribution in [0.2, 0.25) is 0 Å². The summed E-state index contributed by atoms with van der Waals surface area (Å²) in [5.41, 5.74) is 5.43. The summed E-state index contributed by atoms with van der Waals surface area (Å²) >= 11 is 0. The molecule has 2 aliphatic carbocycles. The second kappa shape index (κ2) is 2.90. The number of hydrogen-bond acceptors (Lipinski definition) is 1. The number of nitrogens with one attached hydrogen (secondary N) is 1. The predicted octanol–water partition coefficient (Wildman–Crippen LogP) is 3.08. The van der Waals surface area contributed by atoms with Crippen LogP contribution in [0.3, 0.4) is 0 Å². The lowest BCUT2D eigenvalue weighted by Gasteiger charge is -2.57. The number of benzene rings is 1. The summed E-state index contributed by atoms with van der Waals surface area (Å²) in [5, 5.41) is 1.54. The fourth-order valence-corrected chi connectivity index (χ4v) is 5.61. The van der Waals surface area contributed by atoms with Gasteiger partial charge in [0, 0.05) is 35.1 Å². The smallest absolute Gasteiger partial charge is 0.0459 e. The van der Waals surface area contributed by atoms with Crippen molar-refractivity contribution in [3.63, 3.8) is 0 Å². The summed E-state index contributed by atoms with van der Waals surface area (Å²) in [7, 11) is 2.33. The molecule has 2 aromatic rings. The van der Waals surface area contributed by atoms with Crippen molar-refractivity contribution < 1.29 is 0 Å². The zero-order valence-electron chi connectivity index (χ0n) is 11.7. The fraction of sp³-hybridized carbons (Fsp3) is 0.529. The van der Waals surface area contributed by atoms with E-state index in [0.29, 0.717) is 16.9 Å². The molecule has 0 unspecified atom stereocenters. The molecule has 1 aliphatic heterocycles. The molecule has 19 heavy (non-hydrogen) atoms. The van der Waals surface area contributed by atoms with E-state index >= 15 is 0 Å². The lowest BCUT2D eigenvalue weighted by atomic mass is 9.45. The number of likely N-dealkylation sites (tertiary alicyclic amines) is 1. The van der Waals surface area contributed by atoms with E-state index in [1.807, 2.05) is 0 Å². The van der Waals surface area contributed by atoms with Crippen molar-refractivity contribution in [1.29, 1.82) is 0 Å². The van der Waals surface area contributed by atoms with E-state index in [0.717, 1.165) is 0 Å². The molecule has 1 N–H and O–H groups in total. The second-order valence-electron chi connectivity index (χ2n) is 7.21. The van der Waals surface area contributed by atoms with E-state index in [2.05, 4.69) is 48.3 Å². The van der Waals surface area contributed by atoms with Crippen LogP contribution in [-0.4, -0.2) is 29.5 Å². The third-order valence-electron chi connectivity index (χ3n) is 6.53. The van der Waals surface area contributed by atoms with Crippen LogP contribution in [0.4, 0.5) is 0 Å². The van der Waals surface area contributed by atoms with Gasteiger partial charge in [0.05, 0.1) is 0 Å². The molecule has 2 fully saturated rings. The molecule has 2 heteroatoms. The maximum atomic E-state index is 3.47. The largest absolute Gasteiger partial charge is 0.361 e. The number of likely N-dealkylation sites (N-methyl/N-ethyl adjacent to an activating group) is 1. The third kappa shape index (κ3) is 0.921. The van der Waals surface area contributed by atoms with Crippen LogP contribution in [0.25, 0.3) is 10.9 Å². The van der Waals surface area contributed by atoms with Crippen LogP contribution in [0, 0.1) is 5.41 Å². The van der Waals surface area contributed by atoms with E-state index in [1.54, 1.807) is 10.9 Å². The molecule has 1 saturated heterocycles. The molecule has 3 atom stereocenters. The van der Waals surface area contributed by atoms with Gasteiger partial charge in [-0.05, 0) is 48.9 Å². The van der Waals surface area contributed by atoms with Gasteiger partial charge in [-0.3, -0.25) is 0 Å². The molecule has 0 bridgehead atoms. The van der Waals surface area contributed by atoms with Gasteiger partial charge in [0.2, 0.25) is 0 Å². The first-order chi connectivity index (χ1) is 9.16. The Bertz CT molecular complexity index is 700. The minimum Gasteiger partial charge on any atom is -0.361 e. The van der Waals surface area contributed by atoms with Gasteiger partial charge in [0.1, 0.15) is 0 Å². The molecule has 1 spiro atoms. The van der Waals surface area contributed by atoms with Crippen molar-refractivity contribution in [3.8, 4) is 0 Å². The maximum Gasteiger partial charge on any atom is 0.0459 e. The predicted molar refractivity (Wildman–Crippen MR) is 77.4 cm³/mol. The molecule has 3 aliphatic rings. The molecule has 0 radical (unpaired) electrons. The zero-order valence-corrected chi connectivity index (χ0v) is 11.7. The SMILES string of the molecule is CN1C[C@@]2(C)CC[C@]23c2cccc4[nH]cc(c24)C[C@@H]13. The Morgan fingerprint density at radius 3 is 3.00 bits per heavy atom. The molecule has 98 valence electrons. The summed E-state index contributed by atoms with van der Waals surface area (Å²) in [4.78, 5) is 6.10. The Kier molecular flexibility index (Phi) is 1.60. The van der Waals surface area contributed by atoms with Crippen molar-refractivity contribution in [2.45, 2.75) is 37.6 Å². The lowest BCUT2D eigenvalue weighted by molar-refractivity contribution is 0.0397. The number of hydrogen-bond donors (Lipinski definition) is 1. The maximum absolute atomic E-state index is 3.47. The van der Waals surface area contributed by atoms with Crippen molar-refractivity contribution in [2.24, 2.45) is 5.41 Å². The number of nitrogens with zero attached hydrogens (tertiary/aromatic N) is 1. The van der Waals surface area contributed by atoms with Gasteiger partial charge >= 0.3 is 0 Å². The Balaban J connectivity index is 1.89. The average molecular weight is 252 g/mol. The van der Waals surface area contributed by atoms with E-state index < -0.39 is 0 Å². The normalized spacial score (nSPS) is 40.0. The first-order valence-electron chi connectivity index (χ1n) is 7.45. The minimum absolute atomic E-state index is 0.427. The monoisotopic (exact) mass is 252 g/mol. The fourth-order valence-electron chi connectivity index (χ4n) is 5.61. The molecule has 0 amide bonds. The second-order valence-corrected chi connectivity index (χ2v) is 7.21. The highest BCUT2D eigenvalue weighted by Gasteiger charge is 2.67. The summed E-state index contributed by atoms with van der Waals surface area (Å²) in [6.45, 7) is 3.78. The van der Waals surface area contributed by atoms with Crippen LogP contribution < -0.4 is 0 Å². The van der Waals surface area contributed by atoms with Crippen LogP contribution in [0.15, 0.2) is 24.4 Å². The van der Waals surface area contributed by atoms with E-state index in [-0.39, 0.29) is 0 Å². The molecular weight excluding hydrogens is 232 g/mol. The molecule has 1 aromatic heterocycles. The first kappa shape index (κ1) is 10.5. The number of aromatic nitrogens is 1. The van der Waals surface area contributed by atoms with Gasteiger partial charge in [0.15, 0.2) is 0 Å². The summed E-state index contributed by atoms with van der Waals surface area (Å²) in [6.07, 6.45) is 6.23. The number of H-pyrrole nitrogens is 1. The molecule has 5 rings (SSSR count). The van der Waals surface area contributed by atoms with Gasteiger partial charge < -0.3 is 9.88 Å². The highest BCUT2D eigenvalue weighted by atomic mass is 15.2. The van der Waals surface area contributed by atoms with Gasteiger partial charge in [-0.15, -0.1) is 0 Å². The van der Waals surface area contributed by atoms with Gasteiger partial charge in [-0.1, -0.05) is 19.1 Å². The first-order valence-corrected chi connectivity index (χ1v) is 7.45. The zero-order chi connectivity index (χ0) is 12.8. The Morgan fingerprint density at radius 2 is 2.21 bits per heavy atom. The average Bonchev–Trinajstić information content (AvgIpc) is 2.87. The molecule has 1 saturated carbocycles. The summed E-state index contributed by atoms with van der Waals surface area (Å²) in [5.74, 6) is 0. The van der Waals surface area contributed by atoms with Crippen LogP contribution >= 0.6 is 0 Å². The van der Waals surface area contributed by atoms with Crippen molar-refractivity contribution in [1.82, 2.24) is 9.88 Å². The Labute approximate surface area is 113 Å². The molecular formula is C17H20N2. The van der Waals surface area contributed by atoms with Crippen molar-refractivity contribution in [3.05, 3.63) is 35.5 Å². The van der Waals surface area contributed by atoms with Crippen LogP contribution in [0.1, 0.15) is 30.9 Å². The molecule has 2 nitrogen and oxygen atoms in total. The quantitative estimate of drug-likeness (QED) is 0.763. The summed E-state index contributed by atoms with van der Waals surface area (Å²) < 4.78 is 0. The Morgan fingerprint density at radius 1 is 1.32 bits per heavy atom. The molecule has 1 aromatic carbocycles. The van der Waals surface area contributed by atoms with E-state index in [1.165, 1.54) is 36.9 Å². The van der Waals surface area contributed by atoms with Gasteiger partial charge in [-0.2, -0.15) is 0 Å². The summed E-state index contributed by atoms with van der Waals surface area (Å²) in [6, 6.07) is 7.59. The number of aromatic amines is 1. The van der Waals surface area contributed by atoms with Crippen LogP contribution in [-0.2, 0) is 11.8 Å². The van der Waals surface area contributed by atoms with Gasteiger partial charge in [0.25, 0.3) is 0 Å². The van der Waals surface area contributed by atoms with E-state index in [9.17, 15) is 0 Å². The number of rotatable bonds is 0. The third-order valence-corrected chi connectivity index (χ3v) is 6.53. The van der Waals surface area contributed by atoms with Crippen molar-refractivity contribution >= 4 is 10.9 Å². The standard InChI is InChI=1S/C17H20N2/c1-16-6-7-17(16)12-4-3-5-13-15(12)11(9-18-13)8-14(17)19(2)10-16/h3-5,9,14,18H,6-8,10H2,1-2H3/t14-,16-,17-/m1/s1.